The van der Waals surface area contributed by atoms with Crippen LogP contribution in [0.15, 0.2) is 0 Å². The quantitative estimate of drug-likeness (QED) is 0.539. The first-order valence-electron chi connectivity index (χ1n) is 5.88. The van der Waals surface area contributed by atoms with Crippen molar-refractivity contribution in [1.29, 1.82) is 10.7 Å². The van der Waals surface area contributed by atoms with Crippen molar-refractivity contribution >= 4 is 6.21 Å². The van der Waals surface area contributed by atoms with Gasteiger partial charge in [0.05, 0.1) is 18.1 Å². The Morgan fingerprint density at radius 3 is 2.73 bits per heavy atom. The molecule has 15 heavy (non-hydrogen) atoms. The van der Waals surface area contributed by atoms with E-state index < -0.39 is 0 Å². The highest BCUT2D eigenvalue weighted by Crippen LogP contribution is 2.20. The Morgan fingerprint density at radius 1 is 1.40 bits per heavy atom. The van der Waals surface area contributed by atoms with Crippen LogP contribution in [-0.2, 0) is 4.74 Å². The van der Waals surface area contributed by atoms with Gasteiger partial charge in [-0.25, -0.2) is 0 Å². The van der Waals surface area contributed by atoms with Crippen molar-refractivity contribution in [1.82, 2.24) is 0 Å². The molecule has 0 heterocycles. The Balaban J connectivity index is 2.00. The van der Waals surface area contributed by atoms with E-state index in [1.807, 2.05) is 0 Å². The molecule has 1 aliphatic rings. The van der Waals surface area contributed by atoms with Crippen molar-refractivity contribution in [2.45, 2.75) is 51.0 Å². The number of ether oxygens (including phenoxy) is 1. The molecule has 0 aromatic heterocycles. The summed E-state index contributed by atoms with van der Waals surface area (Å²) < 4.78 is 5.74. The van der Waals surface area contributed by atoms with Crippen LogP contribution in [0.3, 0.4) is 0 Å². The summed E-state index contributed by atoms with van der Waals surface area (Å²) in [5.41, 5.74) is 0. The van der Waals surface area contributed by atoms with Crippen molar-refractivity contribution in [2.24, 2.45) is 5.92 Å². The Labute approximate surface area is 91.9 Å². The molecule has 1 saturated carbocycles. The monoisotopic (exact) mass is 208 g/mol. The second-order valence-electron chi connectivity index (χ2n) is 4.18. The standard InChI is InChI=1S/C12H20N2O/c13-9-11(10-14)5-4-8-15-12-6-2-1-3-7-12/h9,11-13H,1-8H2. The Kier molecular flexibility index (Phi) is 6.03. The lowest BCUT2D eigenvalue weighted by atomic mass is 9.98. The fourth-order valence-electron chi connectivity index (χ4n) is 1.97. The van der Waals surface area contributed by atoms with Crippen LogP contribution < -0.4 is 0 Å². The number of rotatable bonds is 6. The molecule has 1 fully saturated rings. The third kappa shape index (κ3) is 4.94. The molecule has 1 N–H and O–H groups in total. The lowest BCUT2D eigenvalue weighted by Crippen LogP contribution is -2.17. The van der Waals surface area contributed by atoms with Gasteiger partial charge in [0, 0.05) is 12.8 Å². The molecular weight excluding hydrogens is 188 g/mol. The van der Waals surface area contributed by atoms with Crippen LogP contribution in [0.5, 0.6) is 0 Å². The molecule has 0 bridgehead atoms. The summed E-state index contributed by atoms with van der Waals surface area (Å²) in [5.74, 6) is -0.222. The summed E-state index contributed by atoms with van der Waals surface area (Å²) in [4.78, 5) is 0. The Bertz CT molecular complexity index is 216. The van der Waals surface area contributed by atoms with E-state index in [4.69, 9.17) is 15.4 Å². The fraction of sp³-hybridized carbons (Fsp3) is 0.833. The average Bonchev–Trinajstić information content (AvgIpc) is 2.31. The van der Waals surface area contributed by atoms with Crippen LogP contribution in [0.4, 0.5) is 0 Å². The number of nitrogens with zero attached hydrogens (tertiary/aromatic N) is 1. The summed E-state index contributed by atoms with van der Waals surface area (Å²) in [7, 11) is 0. The number of hydrogen-bond acceptors (Lipinski definition) is 3. The Morgan fingerprint density at radius 2 is 2.13 bits per heavy atom. The Hall–Kier alpha value is -0.880. The normalized spacial score (nSPS) is 19.4. The molecule has 3 heteroatoms. The molecule has 3 nitrogen and oxygen atoms in total. The van der Waals surface area contributed by atoms with Crippen LogP contribution in [0.1, 0.15) is 44.9 Å². The van der Waals surface area contributed by atoms with E-state index in [9.17, 15) is 0 Å². The number of nitrogens with one attached hydrogen (secondary N) is 1. The van der Waals surface area contributed by atoms with Gasteiger partial charge < -0.3 is 10.1 Å². The maximum atomic E-state index is 8.63. The van der Waals surface area contributed by atoms with Crippen molar-refractivity contribution in [3.8, 4) is 6.07 Å². The van der Waals surface area contributed by atoms with Gasteiger partial charge in [0.15, 0.2) is 0 Å². The molecule has 1 atom stereocenters. The smallest absolute Gasteiger partial charge is 0.0809 e. The predicted molar refractivity (Wildman–Crippen MR) is 59.9 cm³/mol. The molecule has 0 saturated heterocycles. The van der Waals surface area contributed by atoms with Crippen molar-refractivity contribution in [2.75, 3.05) is 6.61 Å². The van der Waals surface area contributed by atoms with E-state index in [1.165, 1.54) is 38.3 Å². The van der Waals surface area contributed by atoms with Gasteiger partial charge in [-0.05, 0) is 25.7 Å². The van der Waals surface area contributed by atoms with Crippen LogP contribution in [0.2, 0.25) is 0 Å². The third-order valence-electron chi connectivity index (χ3n) is 2.93. The van der Waals surface area contributed by atoms with Crippen LogP contribution >= 0.6 is 0 Å². The molecule has 1 aliphatic carbocycles. The highest BCUT2D eigenvalue weighted by molar-refractivity contribution is 5.60. The average molecular weight is 208 g/mol. The predicted octanol–water partition coefficient (Wildman–Crippen LogP) is 2.91. The van der Waals surface area contributed by atoms with E-state index in [0.717, 1.165) is 19.4 Å². The van der Waals surface area contributed by atoms with Gasteiger partial charge in [-0.2, -0.15) is 5.26 Å². The van der Waals surface area contributed by atoms with Gasteiger partial charge >= 0.3 is 0 Å². The minimum atomic E-state index is -0.222. The van der Waals surface area contributed by atoms with Crippen molar-refractivity contribution in [3.63, 3.8) is 0 Å². The van der Waals surface area contributed by atoms with E-state index in [2.05, 4.69) is 6.07 Å². The maximum absolute atomic E-state index is 8.63. The molecule has 1 rings (SSSR count). The summed E-state index contributed by atoms with van der Waals surface area (Å²) in [6.45, 7) is 0.747. The molecular formula is C12H20N2O. The number of hydrogen-bond donors (Lipinski definition) is 1. The van der Waals surface area contributed by atoms with Crippen molar-refractivity contribution < 1.29 is 4.74 Å². The molecule has 0 aliphatic heterocycles. The van der Waals surface area contributed by atoms with Crippen LogP contribution in [0, 0.1) is 22.7 Å². The minimum absolute atomic E-state index is 0.222. The second-order valence-corrected chi connectivity index (χ2v) is 4.18. The molecule has 0 aromatic carbocycles. The van der Waals surface area contributed by atoms with Gasteiger partial charge in [-0.1, -0.05) is 19.3 Å². The van der Waals surface area contributed by atoms with Crippen molar-refractivity contribution in [3.05, 3.63) is 0 Å². The van der Waals surface area contributed by atoms with Gasteiger partial charge in [0.2, 0.25) is 0 Å². The zero-order valence-electron chi connectivity index (χ0n) is 9.24. The van der Waals surface area contributed by atoms with Crippen LogP contribution in [0.25, 0.3) is 0 Å². The summed E-state index contributed by atoms with van der Waals surface area (Å²) in [6.07, 6.45) is 9.68. The van der Waals surface area contributed by atoms with E-state index in [0.29, 0.717) is 6.10 Å². The summed E-state index contributed by atoms with van der Waals surface area (Å²) in [6, 6.07) is 2.09. The largest absolute Gasteiger partial charge is 0.378 e. The highest BCUT2D eigenvalue weighted by atomic mass is 16.5. The van der Waals surface area contributed by atoms with Gasteiger partial charge in [0.25, 0.3) is 0 Å². The fourth-order valence-corrected chi connectivity index (χ4v) is 1.97. The molecule has 84 valence electrons. The maximum Gasteiger partial charge on any atom is 0.0809 e. The highest BCUT2D eigenvalue weighted by Gasteiger charge is 2.13. The van der Waals surface area contributed by atoms with E-state index in [-0.39, 0.29) is 5.92 Å². The summed E-state index contributed by atoms with van der Waals surface area (Å²) in [5, 5.41) is 15.6. The van der Waals surface area contributed by atoms with Gasteiger partial charge in [-0.15, -0.1) is 0 Å². The summed E-state index contributed by atoms with van der Waals surface area (Å²) >= 11 is 0. The zero-order chi connectivity index (χ0) is 10.9. The molecule has 1 unspecified atom stereocenters. The van der Waals surface area contributed by atoms with Crippen LogP contribution in [-0.4, -0.2) is 18.9 Å². The lowest BCUT2D eigenvalue weighted by Gasteiger charge is -2.21. The first kappa shape index (κ1) is 12.2. The van der Waals surface area contributed by atoms with E-state index in [1.54, 1.807) is 0 Å². The first-order valence-corrected chi connectivity index (χ1v) is 5.88. The second kappa shape index (κ2) is 7.42. The molecule has 0 aromatic rings. The molecule has 0 radical (unpaired) electrons. The first-order chi connectivity index (χ1) is 7.36. The SMILES string of the molecule is N#CC(C=N)CCCOC1CCCCC1. The third-order valence-corrected chi connectivity index (χ3v) is 2.93. The van der Waals surface area contributed by atoms with Gasteiger partial charge in [-0.3, -0.25) is 0 Å². The number of nitriles is 1. The molecule has 0 amide bonds. The molecule has 0 spiro atoms. The lowest BCUT2D eigenvalue weighted by molar-refractivity contribution is 0.0262. The van der Waals surface area contributed by atoms with E-state index >= 15 is 0 Å². The minimum Gasteiger partial charge on any atom is -0.378 e. The van der Waals surface area contributed by atoms with Gasteiger partial charge in [0.1, 0.15) is 0 Å². The topological polar surface area (TPSA) is 56.9 Å². The zero-order valence-corrected chi connectivity index (χ0v) is 9.24.